The molecule has 2 aliphatic carbocycles. The van der Waals surface area contributed by atoms with Gasteiger partial charge in [-0.25, -0.2) is 0 Å². The molecule has 0 aliphatic heterocycles. The number of hydrogen-bond acceptors (Lipinski definition) is 1. The fourth-order valence-electron chi connectivity index (χ4n) is 2.56. The van der Waals surface area contributed by atoms with E-state index < -0.39 is 0 Å². The van der Waals surface area contributed by atoms with Crippen LogP contribution in [0.25, 0.3) is 0 Å². The maximum absolute atomic E-state index is 10.7. The maximum atomic E-state index is 10.7. The van der Waals surface area contributed by atoms with Crippen LogP contribution in [0, 0.1) is 17.8 Å². The molecular weight excluding hydrogens is 172 g/mol. The standard InChI is InChI=1S/C10H13ClO/c1-2-3-6-7-4-9(11)8(5-12)10(6)7/h5-7,10H,2-4H2,1H3/t6-,7?,10?/m0/s1. The molecule has 0 heterocycles. The zero-order valence-corrected chi connectivity index (χ0v) is 7.97. The van der Waals surface area contributed by atoms with Gasteiger partial charge in [-0.2, -0.15) is 0 Å². The van der Waals surface area contributed by atoms with E-state index in [1.807, 2.05) is 0 Å². The Bertz CT molecular complexity index is 244. The molecule has 2 heteroatoms. The molecule has 0 spiro atoms. The number of hydrogen-bond donors (Lipinski definition) is 0. The van der Waals surface area contributed by atoms with Crippen LogP contribution in [0.15, 0.2) is 10.6 Å². The fraction of sp³-hybridized carbons (Fsp3) is 0.700. The number of rotatable bonds is 3. The van der Waals surface area contributed by atoms with E-state index in [4.69, 9.17) is 11.6 Å². The van der Waals surface area contributed by atoms with E-state index in [2.05, 4.69) is 6.92 Å². The molecule has 0 N–H and O–H groups in total. The van der Waals surface area contributed by atoms with E-state index in [-0.39, 0.29) is 0 Å². The van der Waals surface area contributed by atoms with Gasteiger partial charge in [0.15, 0.2) is 0 Å². The SMILES string of the molecule is CCC[C@H]1C2CC(Cl)=C(C=O)C21. The van der Waals surface area contributed by atoms with Crippen molar-refractivity contribution in [2.24, 2.45) is 17.8 Å². The van der Waals surface area contributed by atoms with Crippen molar-refractivity contribution in [3.05, 3.63) is 10.6 Å². The van der Waals surface area contributed by atoms with Crippen LogP contribution in [0.3, 0.4) is 0 Å². The Morgan fingerprint density at radius 3 is 3.00 bits per heavy atom. The van der Waals surface area contributed by atoms with Gasteiger partial charge in [-0.05, 0) is 30.6 Å². The summed E-state index contributed by atoms with van der Waals surface area (Å²) in [7, 11) is 0. The number of fused-ring (bicyclic) bond motifs is 1. The van der Waals surface area contributed by atoms with Crippen LogP contribution in [-0.2, 0) is 4.79 Å². The highest BCUT2D eigenvalue weighted by atomic mass is 35.5. The first kappa shape index (κ1) is 8.31. The minimum atomic E-state index is 0.537. The van der Waals surface area contributed by atoms with E-state index in [0.29, 0.717) is 5.92 Å². The lowest BCUT2D eigenvalue weighted by Gasteiger charge is -2.01. The van der Waals surface area contributed by atoms with Crippen molar-refractivity contribution >= 4 is 17.9 Å². The van der Waals surface area contributed by atoms with Crippen LogP contribution in [0.1, 0.15) is 26.2 Å². The van der Waals surface area contributed by atoms with Gasteiger partial charge in [0.25, 0.3) is 0 Å². The van der Waals surface area contributed by atoms with Crippen LogP contribution in [0.4, 0.5) is 0 Å². The van der Waals surface area contributed by atoms with Gasteiger partial charge in [0.1, 0.15) is 6.29 Å². The van der Waals surface area contributed by atoms with Gasteiger partial charge in [-0.1, -0.05) is 24.9 Å². The predicted molar refractivity (Wildman–Crippen MR) is 48.9 cm³/mol. The number of carbonyl (C=O) groups excluding carboxylic acids is 1. The molecule has 0 aromatic carbocycles. The molecule has 0 saturated heterocycles. The summed E-state index contributed by atoms with van der Waals surface area (Å²) in [5, 5.41) is 0.826. The number of allylic oxidation sites excluding steroid dienone is 2. The highest BCUT2D eigenvalue weighted by Gasteiger charge is 2.55. The monoisotopic (exact) mass is 184 g/mol. The number of aldehydes is 1. The Hall–Kier alpha value is -0.300. The second-order valence-electron chi connectivity index (χ2n) is 3.82. The quantitative estimate of drug-likeness (QED) is 0.617. The van der Waals surface area contributed by atoms with Crippen LogP contribution in [0.5, 0.6) is 0 Å². The van der Waals surface area contributed by atoms with E-state index in [9.17, 15) is 4.79 Å². The Balaban J connectivity index is 2.06. The van der Waals surface area contributed by atoms with Gasteiger partial charge in [-0.15, -0.1) is 0 Å². The molecule has 1 fully saturated rings. The largest absolute Gasteiger partial charge is 0.298 e. The Kier molecular flexibility index (Phi) is 1.99. The van der Waals surface area contributed by atoms with E-state index in [1.54, 1.807) is 0 Å². The van der Waals surface area contributed by atoms with E-state index in [1.165, 1.54) is 12.8 Å². The second kappa shape index (κ2) is 2.88. The summed E-state index contributed by atoms with van der Waals surface area (Å²) in [6, 6.07) is 0. The molecule has 0 aromatic rings. The van der Waals surface area contributed by atoms with Crippen molar-refractivity contribution in [2.45, 2.75) is 26.2 Å². The number of carbonyl (C=O) groups is 1. The van der Waals surface area contributed by atoms with Crippen LogP contribution < -0.4 is 0 Å². The van der Waals surface area contributed by atoms with Crippen LogP contribution >= 0.6 is 11.6 Å². The summed E-state index contributed by atoms with van der Waals surface area (Å²) < 4.78 is 0. The van der Waals surface area contributed by atoms with E-state index >= 15 is 0 Å². The summed E-state index contributed by atoms with van der Waals surface area (Å²) in [5.41, 5.74) is 0.903. The van der Waals surface area contributed by atoms with Crippen LogP contribution in [-0.4, -0.2) is 6.29 Å². The van der Waals surface area contributed by atoms with Gasteiger partial charge >= 0.3 is 0 Å². The lowest BCUT2D eigenvalue weighted by Crippen LogP contribution is -1.92. The molecule has 0 aromatic heterocycles. The lowest BCUT2D eigenvalue weighted by molar-refractivity contribution is -0.105. The lowest BCUT2D eigenvalue weighted by atomic mass is 10.1. The molecule has 3 atom stereocenters. The Labute approximate surface area is 77.8 Å². The minimum absolute atomic E-state index is 0.537. The van der Waals surface area contributed by atoms with Crippen molar-refractivity contribution in [3.63, 3.8) is 0 Å². The van der Waals surface area contributed by atoms with Gasteiger partial charge in [-0.3, -0.25) is 4.79 Å². The molecule has 0 bridgehead atoms. The molecule has 2 aliphatic rings. The zero-order valence-electron chi connectivity index (χ0n) is 7.22. The first-order chi connectivity index (χ1) is 5.79. The molecule has 66 valence electrons. The van der Waals surface area contributed by atoms with Gasteiger partial charge in [0.05, 0.1) is 0 Å². The number of halogens is 1. The molecule has 2 unspecified atom stereocenters. The van der Waals surface area contributed by atoms with Gasteiger partial charge < -0.3 is 0 Å². The normalized spacial score (nSPS) is 38.3. The van der Waals surface area contributed by atoms with E-state index in [0.717, 1.165) is 35.1 Å². The Morgan fingerprint density at radius 1 is 1.67 bits per heavy atom. The highest BCUT2D eigenvalue weighted by molar-refractivity contribution is 6.31. The van der Waals surface area contributed by atoms with Crippen molar-refractivity contribution in [1.29, 1.82) is 0 Å². The summed E-state index contributed by atoms with van der Waals surface area (Å²) in [6.07, 6.45) is 4.41. The maximum Gasteiger partial charge on any atom is 0.147 e. The smallest absolute Gasteiger partial charge is 0.147 e. The summed E-state index contributed by atoms with van der Waals surface area (Å²) >= 11 is 5.92. The van der Waals surface area contributed by atoms with Gasteiger partial charge in [0, 0.05) is 10.6 Å². The summed E-state index contributed by atoms with van der Waals surface area (Å²) in [6.45, 7) is 2.19. The van der Waals surface area contributed by atoms with Gasteiger partial charge in [0.2, 0.25) is 0 Å². The van der Waals surface area contributed by atoms with Crippen molar-refractivity contribution in [3.8, 4) is 0 Å². The molecule has 2 rings (SSSR count). The molecule has 0 radical (unpaired) electrons. The molecule has 0 amide bonds. The Morgan fingerprint density at radius 2 is 2.42 bits per heavy atom. The van der Waals surface area contributed by atoms with Crippen molar-refractivity contribution in [2.75, 3.05) is 0 Å². The third-order valence-electron chi connectivity index (χ3n) is 3.17. The average Bonchev–Trinajstić information content (AvgIpc) is 2.61. The second-order valence-corrected chi connectivity index (χ2v) is 4.28. The molecule has 12 heavy (non-hydrogen) atoms. The molecular formula is C10H13ClO. The van der Waals surface area contributed by atoms with Crippen molar-refractivity contribution < 1.29 is 4.79 Å². The zero-order chi connectivity index (χ0) is 8.72. The minimum Gasteiger partial charge on any atom is -0.298 e. The molecule has 1 nitrogen and oxygen atoms in total. The third kappa shape index (κ3) is 1.03. The summed E-state index contributed by atoms with van der Waals surface area (Å²) in [4.78, 5) is 10.7. The third-order valence-corrected chi connectivity index (χ3v) is 3.54. The van der Waals surface area contributed by atoms with Crippen LogP contribution in [0.2, 0.25) is 0 Å². The topological polar surface area (TPSA) is 17.1 Å². The average molecular weight is 185 g/mol. The predicted octanol–water partition coefficient (Wildman–Crippen LogP) is 2.74. The first-order valence-corrected chi connectivity index (χ1v) is 5.01. The fourth-order valence-corrected chi connectivity index (χ4v) is 2.91. The molecule has 1 saturated carbocycles. The first-order valence-electron chi connectivity index (χ1n) is 4.63. The summed E-state index contributed by atoms with van der Waals surface area (Å²) in [5.74, 6) is 2.03. The highest BCUT2D eigenvalue weighted by Crippen LogP contribution is 2.61. The van der Waals surface area contributed by atoms with Crippen molar-refractivity contribution in [1.82, 2.24) is 0 Å².